The van der Waals surface area contributed by atoms with Gasteiger partial charge in [-0.2, -0.15) is 22.0 Å². The molecule has 0 fully saturated rings. The van der Waals surface area contributed by atoms with Gasteiger partial charge in [0.1, 0.15) is 0 Å². The van der Waals surface area contributed by atoms with Crippen LogP contribution in [0.15, 0.2) is 0 Å². The molecule has 0 bridgehead atoms. The third-order valence-corrected chi connectivity index (χ3v) is 4.69. The van der Waals surface area contributed by atoms with Gasteiger partial charge < -0.3 is 0 Å². The maximum Gasteiger partial charge on any atom is 0.462 e. The molecule has 0 aliphatic rings. The lowest BCUT2D eigenvalue weighted by atomic mass is 10.7. The van der Waals surface area contributed by atoms with Gasteiger partial charge in [-0.05, 0) is 11.2 Å². The van der Waals surface area contributed by atoms with Crippen molar-refractivity contribution < 1.29 is 26.5 Å². The van der Waals surface area contributed by atoms with Gasteiger partial charge in [-0.3, -0.25) is 4.57 Å². The summed E-state index contributed by atoms with van der Waals surface area (Å²) in [6.07, 6.45) is -5.93. The van der Waals surface area contributed by atoms with Gasteiger partial charge in [-0.15, -0.1) is 11.6 Å². The van der Waals surface area contributed by atoms with Crippen LogP contribution in [-0.2, 0) is 4.57 Å². The highest BCUT2D eigenvalue weighted by molar-refractivity contribution is 7.91. The Labute approximate surface area is 74.0 Å². The molecule has 9 heteroatoms. The van der Waals surface area contributed by atoms with Crippen LogP contribution < -0.4 is 0 Å². The van der Waals surface area contributed by atoms with Crippen LogP contribution in [0.1, 0.15) is 0 Å². The van der Waals surface area contributed by atoms with E-state index >= 15 is 0 Å². The van der Waals surface area contributed by atoms with Crippen LogP contribution in [0.3, 0.4) is 0 Å². The number of rotatable bonds is 2. The van der Waals surface area contributed by atoms with Crippen molar-refractivity contribution in [3.8, 4) is 0 Å². The molecule has 0 N–H and O–H groups in total. The molecule has 1 unspecified atom stereocenters. The van der Waals surface area contributed by atoms with Crippen LogP contribution in [-0.4, -0.2) is 17.5 Å². The summed E-state index contributed by atoms with van der Waals surface area (Å²) in [5, 5.41) is 0. The van der Waals surface area contributed by atoms with E-state index in [4.69, 9.17) is 0 Å². The zero-order chi connectivity index (χ0) is 10.2. The summed E-state index contributed by atoms with van der Waals surface area (Å²) in [4.78, 5) is 0. The van der Waals surface area contributed by atoms with Crippen LogP contribution in [0.4, 0.5) is 22.0 Å². The maximum atomic E-state index is 12.1. The monoisotopic (exact) mass is 250 g/mol. The van der Waals surface area contributed by atoms with E-state index in [-0.39, 0.29) is 0 Å². The normalized spacial score (nSPS) is 18.9. The Morgan fingerprint density at radius 1 is 1.17 bits per heavy atom. The summed E-state index contributed by atoms with van der Waals surface area (Å²) >= 11 is 9.06. The van der Waals surface area contributed by atoms with Crippen LogP contribution >= 0.6 is 29.3 Å². The second-order valence-corrected chi connectivity index (χ2v) is 6.27. The minimum absolute atomic E-state index is 1.43. The van der Waals surface area contributed by atoms with Crippen molar-refractivity contribution in [3.05, 3.63) is 0 Å². The van der Waals surface area contributed by atoms with Crippen molar-refractivity contribution >= 4 is 29.3 Å². The fourth-order valence-electron chi connectivity index (χ4n) is 0.264. The lowest BCUT2D eigenvalue weighted by molar-refractivity contribution is -0.241. The molecule has 0 rings (SSSR count). The van der Waals surface area contributed by atoms with Crippen LogP contribution in [0, 0.1) is 0 Å². The molecule has 0 saturated carbocycles. The fourth-order valence-corrected chi connectivity index (χ4v) is 1.53. The molecule has 0 aromatic carbocycles. The minimum atomic E-state index is -5.93. The first-order chi connectivity index (χ1) is 5.06. The average molecular weight is 251 g/mol. The van der Waals surface area contributed by atoms with E-state index in [1.54, 1.807) is 0 Å². The summed E-state index contributed by atoms with van der Waals surface area (Å²) in [5.74, 6) is 0. The summed E-state index contributed by atoms with van der Waals surface area (Å²) in [6.45, 7) is -5.22. The van der Waals surface area contributed by atoms with Crippen LogP contribution in [0.25, 0.3) is 0 Å². The molecule has 0 aromatic heterocycles. The van der Waals surface area contributed by atoms with E-state index in [0.717, 1.165) is 0 Å². The SMILES string of the molecule is O=P(Cl)(CCl)C(F)(F)C(F)(F)F. The molecule has 74 valence electrons. The Balaban J connectivity index is 4.99. The van der Waals surface area contributed by atoms with Crippen LogP contribution in [0.5, 0.6) is 0 Å². The molecule has 0 amide bonds. The topological polar surface area (TPSA) is 17.1 Å². The molecule has 0 aromatic rings. The molecule has 0 heterocycles. The Kier molecular flexibility index (Phi) is 3.44. The van der Waals surface area contributed by atoms with Crippen molar-refractivity contribution in [1.29, 1.82) is 0 Å². The highest BCUT2D eigenvalue weighted by Crippen LogP contribution is 2.69. The second kappa shape index (κ2) is 3.31. The minimum Gasteiger partial charge on any atom is -0.299 e. The molecule has 0 aliphatic heterocycles. The Morgan fingerprint density at radius 3 is 1.58 bits per heavy atom. The van der Waals surface area contributed by atoms with Crippen molar-refractivity contribution in [2.75, 3.05) is 5.62 Å². The van der Waals surface area contributed by atoms with Crippen molar-refractivity contribution in [2.24, 2.45) is 0 Å². The molecule has 1 atom stereocenters. The lowest BCUT2D eigenvalue weighted by Crippen LogP contribution is -2.35. The number of hydrogen-bond donors (Lipinski definition) is 0. The maximum absolute atomic E-state index is 12.1. The average Bonchev–Trinajstić information content (AvgIpc) is 1.85. The first-order valence-corrected chi connectivity index (χ1v) is 5.69. The van der Waals surface area contributed by atoms with Crippen molar-refractivity contribution in [1.82, 2.24) is 0 Å². The summed E-state index contributed by atoms with van der Waals surface area (Å²) in [7, 11) is 0. The van der Waals surface area contributed by atoms with Crippen molar-refractivity contribution in [2.45, 2.75) is 11.8 Å². The van der Waals surface area contributed by atoms with E-state index in [1.807, 2.05) is 0 Å². The van der Waals surface area contributed by atoms with E-state index in [0.29, 0.717) is 0 Å². The number of hydrogen-bond acceptors (Lipinski definition) is 1. The van der Waals surface area contributed by atoms with Gasteiger partial charge in [0, 0.05) is 0 Å². The van der Waals surface area contributed by atoms with E-state index in [9.17, 15) is 26.5 Å². The van der Waals surface area contributed by atoms with Gasteiger partial charge in [0.15, 0.2) is 0 Å². The van der Waals surface area contributed by atoms with Gasteiger partial charge >= 0.3 is 11.8 Å². The molecule has 0 spiro atoms. The number of halogens is 7. The molecule has 1 nitrogen and oxygen atoms in total. The van der Waals surface area contributed by atoms with Gasteiger partial charge in [-0.1, -0.05) is 0 Å². The zero-order valence-corrected chi connectivity index (χ0v) is 7.61. The number of alkyl halides is 6. The standard InChI is InChI=1S/C3H2Cl2F5OP/c4-1-12(5,11)3(9,10)2(6,7)8/h1H2. The molecule has 0 radical (unpaired) electrons. The van der Waals surface area contributed by atoms with Gasteiger partial charge in [0.05, 0.1) is 5.62 Å². The largest absolute Gasteiger partial charge is 0.462 e. The first-order valence-electron chi connectivity index (χ1n) is 2.35. The summed E-state index contributed by atoms with van der Waals surface area (Å²) in [6, 6.07) is 0. The van der Waals surface area contributed by atoms with Gasteiger partial charge in [-0.25, -0.2) is 0 Å². The predicted octanol–water partition coefficient (Wildman–Crippen LogP) is 3.85. The van der Waals surface area contributed by atoms with Crippen LogP contribution in [0.2, 0.25) is 0 Å². The highest BCUT2D eigenvalue weighted by Gasteiger charge is 2.68. The third-order valence-electron chi connectivity index (χ3n) is 0.914. The molecule has 0 aliphatic carbocycles. The first kappa shape index (κ1) is 12.5. The highest BCUT2D eigenvalue weighted by atomic mass is 35.7. The molecular formula is C3H2Cl2F5OP. The third kappa shape index (κ3) is 2.03. The fraction of sp³-hybridized carbons (Fsp3) is 1.00. The van der Waals surface area contributed by atoms with Gasteiger partial charge in [0.25, 0.3) is 6.49 Å². The second-order valence-electron chi connectivity index (χ2n) is 1.81. The Hall–Kier alpha value is 0.460. The van der Waals surface area contributed by atoms with E-state index in [2.05, 4.69) is 22.8 Å². The molecule has 12 heavy (non-hydrogen) atoms. The quantitative estimate of drug-likeness (QED) is 0.413. The Morgan fingerprint density at radius 2 is 1.50 bits per heavy atom. The van der Waals surface area contributed by atoms with Gasteiger partial charge in [0.2, 0.25) is 0 Å². The zero-order valence-electron chi connectivity index (χ0n) is 5.21. The van der Waals surface area contributed by atoms with Crippen molar-refractivity contribution in [3.63, 3.8) is 0 Å². The summed E-state index contributed by atoms with van der Waals surface area (Å²) in [5.41, 5.74) is -6.86. The summed E-state index contributed by atoms with van der Waals surface area (Å²) < 4.78 is 69.0. The lowest BCUT2D eigenvalue weighted by Gasteiger charge is -2.22. The molecule has 0 saturated heterocycles. The predicted molar refractivity (Wildman–Crippen MR) is 35.2 cm³/mol. The molecular weight excluding hydrogens is 249 g/mol. The van der Waals surface area contributed by atoms with E-state index in [1.165, 1.54) is 0 Å². The smallest absolute Gasteiger partial charge is 0.299 e. The Bertz CT molecular complexity index is 213. The van der Waals surface area contributed by atoms with E-state index < -0.39 is 24.0 Å².